The van der Waals surface area contributed by atoms with Gasteiger partial charge >= 0.3 is 5.97 Å². The zero-order valence-electron chi connectivity index (χ0n) is 10.2. The highest BCUT2D eigenvalue weighted by atomic mass is 19.1. The molecule has 1 saturated heterocycles. The average Bonchev–Trinajstić information content (AvgIpc) is 2.41. The SMILES string of the molecule is COC(=O)C1(Nc2ccc(F)cc2)CCCOC1. The summed E-state index contributed by atoms with van der Waals surface area (Å²) in [4.78, 5) is 11.9. The summed E-state index contributed by atoms with van der Waals surface area (Å²) >= 11 is 0. The molecule has 98 valence electrons. The first-order valence-electron chi connectivity index (χ1n) is 5.86. The van der Waals surface area contributed by atoms with Crippen molar-refractivity contribution in [2.45, 2.75) is 18.4 Å². The third kappa shape index (κ3) is 2.61. The Kier molecular flexibility index (Phi) is 3.81. The second kappa shape index (κ2) is 5.35. The molecule has 5 heteroatoms. The van der Waals surface area contributed by atoms with Crippen LogP contribution in [0, 0.1) is 5.82 Å². The molecule has 1 N–H and O–H groups in total. The van der Waals surface area contributed by atoms with Gasteiger partial charge in [0, 0.05) is 12.3 Å². The number of halogens is 1. The predicted molar refractivity (Wildman–Crippen MR) is 64.8 cm³/mol. The lowest BCUT2D eigenvalue weighted by Crippen LogP contribution is -2.53. The predicted octanol–water partition coefficient (Wildman–Crippen LogP) is 1.96. The van der Waals surface area contributed by atoms with E-state index in [0.717, 1.165) is 6.42 Å². The van der Waals surface area contributed by atoms with Crippen LogP contribution in [0.3, 0.4) is 0 Å². The van der Waals surface area contributed by atoms with Gasteiger partial charge in [0.1, 0.15) is 5.82 Å². The van der Waals surface area contributed by atoms with Gasteiger partial charge in [0.2, 0.25) is 0 Å². The molecule has 0 spiro atoms. The molecular formula is C13H16FNO3. The van der Waals surface area contributed by atoms with Crippen molar-refractivity contribution in [1.82, 2.24) is 0 Å². The van der Waals surface area contributed by atoms with E-state index < -0.39 is 5.54 Å². The summed E-state index contributed by atoms with van der Waals surface area (Å²) in [5.41, 5.74) is -0.197. The molecule has 0 aromatic heterocycles. The lowest BCUT2D eigenvalue weighted by atomic mass is 9.92. The van der Waals surface area contributed by atoms with Gasteiger partial charge in [-0.1, -0.05) is 0 Å². The maximum absolute atomic E-state index is 12.8. The van der Waals surface area contributed by atoms with Crippen molar-refractivity contribution in [3.05, 3.63) is 30.1 Å². The fraction of sp³-hybridized carbons (Fsp3) is 0.462. The van der Waals surface area contributed by atoms with Gasteiger partial charge in [-0.25, -0.2) is 9.18 Å². The topological polar surface area (TPSA) is 47.6 Å². The number of carbonyl (C=O) groups is 1. The van der Waals surface area contributed by atoms with E-state index in [2.05, 4.69) is 5.32 Å². The first-order chi connectivity index (χ1) is 8.66. The minimum Gasteiger partial charge on any atom is -0.467 e. The Morgan fingerprint density at radius 3 is 2.72 bits per heavy atom. The molecule has 0 bridgehead atoms. The molecule has 1 atom stereocenters. The quantitative estimate of drug-likeness (QED) is 0.836. The Morgan fingerprint density at radius 1 is 1.44 bits per heavy atom. The van der Waals surface area contributed by atoms with Crippen molar-refractivity contribution < 1.29 is 18.7 Å². The number of carbonyl (C=O) groups excluding carboxylic acids is 1. The molecule has 2 rings (SSSR count). The van der Waals surface area contributed by atoms with E-state index in [9.17, 15) is 9.18 Å². The monoisotopic (exact) mass is 253 g/mol. The number of methoxy groups -OCH3 is 1. The van der Waals surface area contributed by atoms with Crippen molar-refractivity contribution in [1.29, 1.82) is 0 Å². The molecule has 1 aromatic carbocycles. The van der Waals surface area contributed by atoms with Crippen molar-refractivity contribution in [2.75, 3.05) is 25.6 Å². The Bertz CT molecular complexity index is 413. The maximum Gasteiger partial charge on any atom is 0.333 e. The minimum atomic E-state index is -0.870. The number of rotatable bonds is 3. The lowest BCUT2D eigenvalue weighted by Gasteiger charge is -2.35. The van der Waals surface area contributed by atoms with Gasteiger partial charge in [-0.2, -0.15) is 0 Å². The largest absolute Gasteiger partial charge is 0.467 e. The maximum atomic E-state index is 12.8. The van der Waals surface area contributed by atoms with Gasteiger partial charge in [-0.3, -0.25) is 0 Å². The number of hydrogen-bond acceptors (Lipinski definition) is 4. The molecule has 1 aromatic rings. The van der Waals surface area contributed by atoms with Crippen molar-refractivity contribution in [2.24, 2.45) is 0 Å². The summed E-state index contributed by atoms with van der Waals surface area (Å²) in [6, 6.07) is 5.87. The summed E-state index contributed by atoms with van der Waals surface area (Å²) in [6.45, 7) is 0.904. The van der Waals surface area contributed by atoms with Gasteiger partial charge in [-0.15, -0.1) is 0 Å². The molecule has 1 unspecified atom stereocenters. The summed E-state index contributed by atoms with van der Waals surface area (Å²) in [5.74, 6) is -0.668. The van der Waals surface area contributed by atoms with Gasteiger partial charge in [-0.05, 0) is 37.1 Å². The second-order valence-corrected chi connectivity index (χ2v) is 4.36. The van der Waals surface area contributed by atoms with Crippen molar-refractivity contribution in [3.8, 4) is 0 Å². The summed E-state index contributed by atoms with van der Waals surface area (Å²) in [7, 11) is 1.35. The fourth-order valence-corrected chi connectivity index (χ4v) is 2.11. The first-order valence-corrected chi connectivity index (χ1v) is 5.86. The molecule has 1 aliphatic rings. The van der Waals surface area contributed by atoms with E-state index in [4.69, 9.17) is 9.47 Å². The van der Waals surface area contributed by atoms with Gasteiger partial charge in [0.05, 0.1) is 13.7 Å². The molecular weight excluding hydrogens is 237 g/mol. The van der Waals surface area contributed by atoms with Crippen LogP contribution in [-0.2, 0) is 14.3 Å². The molecule has 0 saturated carbocycles. The van der Waals surface area contributed by atoms with Crippen LogP contribution in [-0.4, -0.2) is 31.8 Å². The van der Waals surface area contributed by atoms with E-state index in [0.29, 0.717) is 18.7 Å². The number of anilines is 1. The average molecular weight is 253 g/mol. The van der Waals surface area contributed by atoms with E-state index in [1.165, 1.54) is 19.2 Å². The van der Waals surface area contributed by atoms with Crippen LogP contribution in [0.2, 0.25) is 0 Å². The Hall–Kier alpha value is -1.62. The first kappa shape index (κ1) is 12.8. The third-order valence-electron chi connectivity index (χ3n) is 3.04. The van der Waals surface area contributed by atoms with Gasteiger partial charge in [0.25, 0.3) is 0 Å². The Balaban J connectivity index is 2.19. The van der Waals surface area contributed by atoms with E-state index in [1.807, 2.05) is 0 Å². The second-order valence-electron chi connectivity index (χ2n) is 4.36. The number of benzene rings is 1. The van der Waals surface area contributed by atoms with Crippen molar-refractivity contribution >= 4 is 11.7 Å². The zero-order chi connectivity index (χ0) is 13.0. The highest BCUT2D eigenvalue weighted by Crippen LogP contribution is 2.26. The number of nitrogens with one attached hydrogen (secondary N) is 1. The normalized spacial score (nSPS) is 23.4. The van der Waals surface area contributed by atoms with Crippen LogP contribution in [0.15, 0.2) is 24.3 Å². The summed E-state index contributed by atoms with van der Waals surface area (Å²) < 4.78 is 23.0. The number of ether oxygens (including phenoxy) is 2. The molecule has 1 fully saturated rings. The smallest absolute Gasteiger partial charge is 0.333 e. The molecule has 0 aliphatic carbocycles. The highest BCUT2D eigenvalue weighted by Gasteiger charge is 2.41. The van der Waals surface area contributed by atoms with Crippen molar-refractivity contribution in [3.63, 3.8) is 0 Å². The number of esters is 1. The van der Waals surface area contributed by atoms with Crippen LogP contribution >= 0.6 is 0 Å². The van der Waals surface area contributed by atoms with Gasteiger partial charge in [0.15, 0.2) is 5.54 Å². The molecule has 18 heavy (non-hydrogen) atoms. The van der Waals surface area contributed by atoms with E-state index in [-0.39, 0.29) is 18.4 Å². The number of hydrogen-bond donors (Lipinski definition) is 1. The highest BCUT2D eigenvalue weighted by molar-refractivity contribution is 5.84. The van der Waals surface area contributed by atoms with E-state index in [1.54, 1.807) is 12.1 Å². The molecule has 0 amide bonds. The van der Waals surface area contributed by atoms with E-state index >= 15 is 0 Å². The zero-order valence-corrected chi connectivity index (χ0v) is 10.2. The summed E-state index contributed by atoms with van der Waals surface area (Å²) in [5, 5.41) is 3.11. The van der Waals surface area contributed by atoms with Crippen LogP contribution in [0.25, 0.3) is 0 Å². The third-order valence-corrected chi connectivity index (χ3v) is 3.04. The standard InChI is InChI=1S/C13H16FNO3/c1-17-12(16)13(7-2-8-18-9-13)15-11-5-3-10(14)4-6-11/h3-6,15H,2,7-9H2,1H3. The minimum absolute atomic E-state index is 0.261. The van der Waals surface area contributed by atoms with Crippen LogP contribution < -0.4 is 5.32 Å². The van der Waals surface area contributed by atoms with Crippen LogP contribution in [0.4, 0.5) is 10.1 Å². The molecule has 0 radical (unpaired) electrons. The summed E-state index contributed by atoms with van der Waals surface area (Å²) in [6.07, 6.45) is 1.42. The lowest BCUT2D eigenvalue weighted by molar-refractivity contribution is -0.150. The van der Waals surface area contributed by atoms with Crippen LogP contribution in [0.1, 0.15) is 12.8 Å². The Morgan fingerprint density at radius 2 is 2.17 bits per heavy atom. The van der Waals surface area contributed by atoms with Gasteiger partial charge < -0.3 is 14.8 Å². The Labute approximate surface area is 105 Å². The fourth-order valence-electron chi connectivity index (χ4n) is 2.11. The van der Waals surface area contributed by atoms with Crippen LogP contribution in [0.5, 0.6) is 0 Å². The molecule has 4 nitrogen and oxygen atoms in total. The molecule has 1 heterocycles. The molecule has 1 aliphatic heterocycles.